The predicted octanol–water partition coefficient (Wildman–Crippen LogP) is 4.60. The van der Waals surface area contributed by atoms with Gasteiger partial charge in [0.1, 0.15) is 11.4 Å². The molecule has 20 heavy (non-hydrogen) atoms. The highest BCUT2D eigenvalue weighted by atomic mass is 35.5. The highest BCUT2D eigenvalue weighted by molar-refractivity contribution is 7.16. The number of hydrogen-bond acceptors (Lipinski definition) is 4. The number of anilines is 1. The van der Waals surface area contributed by atoms with Crippen molar-refractivity contribution in [3.63, 3.8) is 0 Å². The quantitative estimate of drug-likeness (QED) is 0.774. The Labute approximate surface area is 126 Å². The molecule has 1 saturated carbocycles. The summed E-state index contributed by atoms with van der Waals surface area (Å²) in [7, 11) is 0. The van der Waals surface area contributed by atoms with Crippen LogP contribution in [0.4, 0.5) is 5.13 Å². The fourth-order valence-electron chi connectivity index (χ4n) is 3.31. The van der Waals surface area contributed by atoms with E-state index in [1.807, 2.05) is 18.2 Å². The first-order chi connectivity index (χ1) is 9.68. The van der Waals surface area contributed by atoms with E-state index in [1.54, 1.807) is 11.3 Å². The normalized spacial score (nSPS) is 19.2. The summed E-state index contributed by atoms with van der Waals surface area (Å²) in [5.74, 6) is 0.883. The molecule has 1 aliphatic carbocycles. The lowest BCUT2D eigenvalue weighted by molar-refractivity contribution is 0.0273. The standard InChI is InChI=1S/C15H15ClN2OS/c16-9-4-5-11-10(8-9)12-13(20-14(17)18-12)15(19-11)6-2-1-3-7-15/h4-5,8H,1-3,6-7H2,(H2,17,18). The van der Waals surface area contributed by atoms with Crippen molar-refractivity contribution in [3.05, 3.63) is 28.1 Å². The van der Waals surface area contributed by atoms with Crippen LogP contribution in [-0.4, -0.2) is 4.98 Å². The average Bonchev–Trinajstić information content (AvgIpc) is 2.84. The Bertz CT molecular complexity index is 677. The molecule has 4 rings (SSSR count). The van der Waals surface area contributed by atoms with Crippen molar-refractivity contribution in [3.8, 4) is 17.0 Å². The molecule has 2 aromatic rings. The summed E-state index contributed by atoms with van der Waals surface area (Å²) in [6, 6.07) is 5.74. The molecule has 0 bridgehead atoms. The average molecular weight is 307 g/mol. The van der Waals surface area contributed by atoms with Gasteiger partial charge in [0.2, 0.25) is 0 Å². The van der Waals surface area contributed by atoms with E-state index in [9.17, 15) is 0 Å². The second-order valence-electron chi connectivity index (χ2n) is 5.53. The third kappa shape index (κ3) is 1.75. The molecule has 0 amide bonds. The highest BCUT2D eigenvalue weighted by Gasteiger charge is 2.44. The lowest BCUT2D eigenvalue weighted by Crippen LogP contribution is -2.37. The topological polar surface area (TPSA) is 48.1 Å². The molecule has 1 fully saturated rings. The number of halogens is 1. The lowest BCUT2D eigenvalue weighted by Gasteiger charge is -2.40. The van der Waals surface area contributed by atoms with Crippen LogP contribution in [0.15, 0.2) is 18.2 Å². The van der Waals surface area contributed by atoms with Crippen molar-refractivity contribution in [2.24, 2.45) is 0 Å². The molecule has 1 aromatic carbocycles. The summed E-state index contributed by atoms with van der Waals surface area (Å²) >= 11 is 7.68. The number of nitrogen functional groups attached to an aromatic ring is 1. The Morgan fingerprint density at radius 1 is 1.25 bits per heavy atom. The molecule has 2 heterocycles. The van der Waals surface area contributed by atoms with E-state index in [-0.39, 0.29) is 5.60 Å². The second kappa shape index (κ2) is 4.37. The van der Waals surface area contributed by atoms with Gasteiger partial charge in [-0.3, -0.25) is 0 Å². The molecule has 0 unspecified atom stereocenters. The van der Waals surface area contributed by atoms with Gasteiger partial charge in [0.25, 0.3) is 0 Å². The third-order valence-electron chi connectivity index (χ3n) is 4.22. The highest BCUT2D eigenvalue weighted by Crippen LogP contribution is 2.53. The maximum atomic E-state index is 6.41. The van der Waals surface area contributed by atoms with Gasteiger partial charge in [-0.05, 0) is 43.9 Å². The number of nitrogens with zero attached hydrogens (tertiary/aromatic N) is 1. The summed E-state index contributed by atoms with van der Waals surface area (Å²) in [4.78, 5) is 5.73. The van der Waals surface area contributed by atoms with Crippen LogP contribution in [0.25, 0.3) is 11.3 Å². The monoisotopic (exact) mass is 306 g/mol. The SMILES string of the molecule is Nc1nc2c(s1)C1(CCCCC1)Oc1ccc(Cl)cc1-2. The maximum Gasteiger partial charge on any atom is 0.180 e. The minimum atomic E-state index is -0.219. The van der Waals surface area contributed by atoms with E-state index in [0.717, 1.165) is 29.8 Å². The molecule has 1 aromatic heterocycles. The number of thiazole rings is 1. The van der Waals surface area contributed by atoms with Gasteiger partial charge in [-0.15, -0.1) is 0 Å². The zero-order valence-electron chi connectivity index (χ0n) is 11.0. The van der Waals surface area contributed by atoms with E-state index in [4.69, 9.17) is 22.1 Å². The molecule has 0 saturated heterocycles. The minimum Gasteiger partial charge on any atom is -0.481 e. The second-order valence-corrected chi connectivity index (χ2v) is 6.99. The Morgan fingerprint density at radius 2 is 2.05 bits per heavy atom. The van der Waals surface area contributed by atoms with E-state index in [1.165, 1.54) is 24.1 Å². The molecule has 104 valence electrons. The number of rotatable bonds is 0. The Balaban J connectivity index is 1.94. The van der Waals surface area contributed by atoms with Gasteiger partial charge in [-0.25, -0.2) is 4.98 Å². The molecule has 2 N–H and O–H groups in total. The van der Waals surface area contributed by atoms with Gasteiger partial charge in [0.05, 0.1) is 10.6 Å². The van der Waals surface area contributed by atoms with Crippen LogP contribution in [0.1, 0.15) is 37.0 Å². The fourth-order valence-corrected chi connectivity index (χ4v) is 4.52. The van der Waals surface area contributed by atoms with Crippen LogP contribution >= 0.6 is 22.9 Å². The third-order valence-corrected chi connectivity index (χ3v) is 5.53. The molecule has 3 nitrogen and oxygen atoms in total. The van der Waals surface area contributed by atoms with E-state index < -0.39 is 0 Å². The first kappa shape index (κ1) is 12.5. The molecular formula is C15H15ClN2OS. The number of benzene rings is 1. The van der Waals surface area contributed by atoms with Gasteiger partial charge in [0, 0.05) is 10.6 Å². The van der Waals surface area contributed by atoms with Gasteiger partial charge in [-0.2, -0.15) is 0 Å². The number of aromatic nitrogens is 1. The van der Waals surface area contributed by atoms with E-state index in [2.05, 4.69) is 4.98 Å². The van der Waals surface area contributed by atoms with E-state index >= 15 is 0 Å². The summed E-state index contributed by atoms with van der Waals surface area (Å²) in [6.45, 7) is 0. The summed E-state index contributed by atoms with van der Waals surface area (Å²) in [5, 5.41) is 1.31. The fraction of sp³-hybridized carbons (Fsp3) is 0.400. The van der Waals surface area contributed by atoms with Crippen molar-refractivity contribution >= 4 is 28.1 Å². The smallest absolute Gasteiger partial charge is 0.180 e. The molecule has 2 aliphatic rings. The Morgan fingerprint density at radius 3 is 2.85 bits per heavy atom. The predicted molar refractivity (Wildman–Crippen MR) is 82.4 cm³/mol. The number of hydrogen-bond donors (Lipinski definition) is 1. The molecule has 0 radical (unpaired) electrons. The van der Waals surface area contributed by atoms with Gasteiger partial charge < -0.3 is 10.5 Å². The van der Waals surface area contributed by atoms with E-state index in [0.29, 0.717) is 10.2 Å². The van der Waals surface area contributed by atoms with Crippen LogP contribution < -0.4 is 10.5 Å². The van der Waals surface area contributed by atoms with Gasteiger partial charge in [-0.1, -0.05) is 29.4 Å². The molecule has 0 atom stereocenters. The summed E-state index contributed by atoms with van der Waals surface area (Å²) in [5.41, 5.74) is 7.68. The lowest BCUT2D eigenvalue weighted by atomic mass is 9.80. The zero-order chi connectivity index (χ0) is 13.7. The van der Waals surface area contributed by atoms with Crippen molar-refractivity contribution < 1.29 is 4.74 Å². The Hall–Kier alpha value is -1.26. The number of ether oxygens (including phenoxy) is 1. The molecule has 1 aliphatic heterocycles. The largest absolute Gasteiger partial charge is 0.481 e. The van der Waals surface area contributed by atoms with Gasteiger partial charge >= 0.3 is 0 Å². The van der Waals surface area contributed by atoms with Crippen molar-refractivity contribution in [2.45, 2.75) is 37.7 Å². The van der Waals surface area contributed by atoms with Crippen LogP contribution in [0.5, 0.6) is 5.75 Å². The van der Waals surface area contributed by atoms with Crippen LogP contribution in [0.2, 0.25) is 5.02 Å². The summed E-state index contributed by atoms with van der Waals surface area (Å²) in [6.07, 6.45) is 5.76. The first-order valence-corrected chi connectivity index (χ1v) is 8.13. The molecule has 1 spiro atoms. The van der Waals surface area contributed by atoms with Crippen molar-refractivity contribution in [1.82, 2.24) is 4.98 Å². The van der Waals surface area contributed by atoms with Crippen molar-refractivity contribution in [1.29, 1.82) is 0 Å². The van der Waals surface area contributed by atoms with Crippen LogP contribution in [0.3, 0.4) is 0 Å². The Kier molecular flexibility index (Phi) is 2.72. The van der Waals surface area contributed by atoms with Crippen LogP contribution in [0, 0.1) is 0 Å². The maximum absolute atomic E-state index is 6.41. The van der Waals surface area contributed by atoms with Gasteiger partial charge in [0.15, 0.2) is 5.13 Å². The van der Waals surface area contributed by atoms with Crippen molar-refractivity contribution in [2.75, 3.05) is 5.73 Å². The first-order valence-electron chi connectivity index (χ1n) is 6.94. The number of fused-ring (bicyclic) bond motifs is 4. The molecule has 5 heteroatoms. The zero-order valence-corrected chi connectivity index (χ0v) is 12.6. The number of nitrogens with two attached hydrogens (primary N) is 1. The van der Waals surface area contributed by atoms with Crippen LogP contribution in [-0.2, 0) is 5.60 Å². The minimum absolute atomic E-state index is 0.219. The summed E-state index contributed by atoms with van der Waals surface area (Å²) < 4.78 is 6.41. The molecular weight excluding hydrogens is 292 g/mol.